The van der Waals surface area contributed by atoms with Gasteiger partial charge >= 0.3 is 12.3 Å². The summed E-state index contributed by atoms with van der Waals surface area (Å²) in [5.41, 5.74) is -0.264. The second-order valence-corrected chi connectivity index (χ2v) is 4.09. The summed E-state index contributed by atoms with van der Waals surface area (Å²) in [5.74, 6) is -2.79. The van der Waals surface area contributed by atoms with Gasteiger partial charge in [0, 0.05) is 10.0 Å². The Kier molecular flexibility index (Phi) is 4.93. The van der Waals surface area contributed by atoms with Crippen molar-refractivity contribution in [3.63, 3.8) is 0 Å². The van der Waals surface area contributed by atoms with Gasteiger partial charge in [-0.3, -0.25) is 4.79 Å². The van der Waals surface area contributed by atoms with Crippen LogP contribution in [-0.2, 0) is 9.53 Å². The molecule has 0 heterocycles. The first-order valence-corrected chi connectivity index (χ1v) is 5.80. The fourth-order valence-corrected chi connectivity index (χ4v) is 1.61. The van der Waals surface area contributed by atoms with Crippen LogP contribution in [0.15, 0.2) is 22.7 Å². The molecule has 0 fully saturated rings. The minimum absolute atomic E-state index is 0.0130. The number of hydrogen-bond acceptors (Lipinski definition) is 4. The van der Waals surface area contributed by atoms with Gasteiger partial charge in [0.15, 0.2) is 0 Å². The largest absolute Gasteiger partial charge is 0.573 e. The molecule has 0 saturated carbocycles. The van der Waals surface area contributed by atoms with E-state index in [0.29, 0.717) is 0 Å². The van der Waals surface area contributed by atoms with E-state index in [0.717, 1.165) is 12.1 Å². The van der Waals surface area contributed by atoms with E-state index in [1.807, 2.05) is 0 Å². The highest BCUT2D eigenvalue weighted by Crippen LogP contribution is 2.27. The summed E-state index contributed by atoms with van der Waals surface area (Å²) in [5, 5.41) is 0. The van der Waals surface area contributed by atoms with Gasteiger partial charge in [0.2, 0.25) is 0 Å². The van der Waals surface area contributed by atoms with Crippen LogP contribution >= 0.6 is 15.9 Å². The Morgan fingerprint density at radius 3 is 2.47 bits per heavy atom. The third-order valence-corrected chi connectivity index (χ3v) is 2.57. The van der Waals surface area contributed by atoms with Crippen molar-refractivity contribution >= 4 is 27.7 Å². The van der Waals surface area contributed by atoms with Crippen molar-refractivity contribution in [3.8, 4) is 5.75 Å². The highest BCUT2D eigenvalue weighted by atomic mass is 79.9. The van der Waals surface area contributed by atoms with Crippen molar-refractivity contribution in [1.29, 1.82) is 0 Å². The summed E-state index contributed by atoms with van der Waals surface area (Å²) in [7, 11) is 0. The highest BCUT2D eigenvalue weighted by molar-refractivity contribution is 9.10. The van der Waals surface area contributed by atoms with Crippen LogP contribution in [0.5, 0.6) is 5.75 Å². The van der Waals surface area contributed by atoms with Crippen molar-refractivity contribution in [1.82, 2.24) is 0 Å². The Morgan fingerprint density at radius 1 is 1.32 bits per heavy atom. The number of esters is 1. The topological polar surface area (TPSA) is 52.6 Å². The van der Waals surface area contributed by atoms with E-state index in [4.69, 9.17) is 0 Å². The summed E-state index contributed by atoms with van der Waals surface area (Å²) in [6.07, 6.45) is -4.88. The van der Waals surface area contributed by atoms with Crippen LogP contribution in [0.3, 0.4) is 0 Å². The van der Waals surface area contributed by atoms with Crippen molar-refractivity contribution < 1.29 is 32.2 Å². The molecule has 0 spiro atoms. The Morgan fingerprint density at radius 2 is 1.95 bits per heavy atom. The van der Waals surface area contributed by atoms with Crippen molar-refractivity contribution in [2.45, 2.75) is 13.3 Å². The van der Waals surface area contributed by atoms with E-state index in [2.05, 4.69) is 25.4 Å². The van der Waals surface area contributed by atoms with Crippen molar-refractivity contribution in [3.05, 3.63) is 28.2 Å². The molecule has 19 heavy (non-hydrogen) atoms. The maximum atomic E-state index is 12.0. The summed E-state index contributed by atoms with van der Waals surface area (Å²) in [6.45, 7) is 1.49. The summed E-state index contributed by atoms with van der Waals surface area (Å²) in [4.78, 5) is 22.9. The van der Waals surface area contributed by atoms with Gasteiger partial charge in [-0.05, 0) is 25.1 Å². The quantitative estimate of drug-likeness (QED) is 0.480. The predicted octanol–water partition coefficient (Wildman–Crippen LogP) is 3.09. The molecule has 4 nitrogen and oxygen atoms in total. The lowest BCUT2D eigenvalue weighted by molar-refractivity contribution is -0.274. The summed E-state index contributed by atoms with van der Waals surface area (Å²) >= 11 is 2.96. The molecule has 104 valence electrons. The van der Waals surface area contributed by atoms with E-state index < -0.39 is 23.9 Å². The maximum absolute atomic E-state index is 12.0. The molecule has 0 aliphatic carbocycles. The van der Waals surface area contributed by atoms with Gasteiger partial charge in [0.05, 0.1) is 6.61 Å². The number of ketones is 1. The Hall–Kier alpha value is -1.57. The van der Waals surface area contributed by atoms with Crippen LogP contribution in [0.2, 0.25) is 0 Å². The molecular weight excluding hydrogens is 333 g/mol. The molecule has 0 atom stereocenters. The lowest BCUT2D eigenvalue weighted by atomic mass is 10.1. The first-order valence-electron chi connectivity index (χ1n) is 5.01. The molecule has 0 radical (unpaired) electrons. The average molecular weight is 341 g/mol. The van der Waals surface area contributed by atoms with E-state index in [-0.39, 0.29) is 16.6 Å². The molecule has 0 aromatic heterocycles. The second kappa shape index (κ2) is 6.05. The number of alkyl halides is 3. The fourth-order valence-electron chi connectivity index (χ4n) is 1.18. The molecule has 0 saturated heterocycles. The lowest BCUT2D eigenvalue weighted by Gasteiger charge is -2.10. The molecule has 8 heteroatoms. The number of carbonyl (C=O) groups excluding carboxylic acids is 2. The van der Waals surface area contributed by atoms with Gasteiger partial charge in [0.25, 0.3) is 5.78 Å². The second-order valence-electron chi connectivity index (χ2n) is 3.24. The summed E-state index contributed by atoms with van der Waals surface area (Å²) in [6, 6.07) is 3.00. The SMILES string of the molecule is CCOC(=O)C(=O)c1cc(OC(F)(F)F)ccc1Br. The number of carbonyl (C=O) groups is 2. The van der Waals surface area contributed by atoms with Gasteiger partial charge in [-0.1, -0.05) is 15.9 Å². The van der Waals surface area contributed by atoms with E-state index in [1.54, 1.807) is 0 Å². The molecular formula is C11H8BrF3O4. The van der Waals surface area contributed by atoms with Crippen LogP contribution in [-0.4, -0.2) is 24.7 Å². The zero-order valence-electron chi connectivity index (χ0n) is 9.58. The molecule has 0 aliphatic heterocycles. The Bertz CT molecular complexity index is 499. The molecule has 1 aromatic carbocycles. The third-order valence-electron chi connectivity index (χ3n) is 1.88. The van der Waals surface area contributed by atoms with Gasteiger partial charge in [0.1, 0.15) is 5.75 Å². The van der Waals surface area contributed by atoms with Crippen molar-refractivity contribution in [2.75, 3.05) is 6.61 Å². The molecule has 0 unspecified atom stereocenters. The number of halogens is 4. The molecule has 0 N–H and O–H groups in total. The maximum Gasteiger partial charge on any atom is 0.573 e. The first-order chi connectivity index (χ1) is 8.74. The molecule has 0 aliphatic rings. The highest BCUT2D eigenvalue weighted by Gasteiger charge is 2.32. The van der Waals surface area contributed by atoms with Crippen LogP contribution in [0.25, 0.3) is 0 Å². The molecule has 1 rings (SSSR count). The summed E-state index contributed by atoms with van der Waals surface area (Å²) < 4.78 is 44.4. The smallest absolute Gasteiger partial charge is 0.460 e. The average Bonchev–Trinajstić information content (AvgIpc) is 2.29. The van der Waals surface area contributed by atoms with Crippen LogP contribution < -0.4 is 4.74 Å². The van der Waals surface area contributed by atoms with Crippen LogP contribution in [0.4, 0.5) is 13.2 Å². The number of Topliss-reactive ketones (excluding diaryl/α,β-unsaturated/α-hetero) is 1. The number of benzene rings is 1. The van der Waals surface area contributed by atoms with Gasteiger partial charge in [-0.2, -0.15) is 0 Å². The van der Waals surface area contributed by atoms with Gasteiger partial charge in [-0.25, -0.2) is 4.79 Å². The minimum atomic E-state index is -4.88. The van der Waals surface area contributed by atoms with Gasteiger partial charge in [-0.15, -0.1) is 13.2 Å². The fraction of sp³-hybridized carbons (Fsp3) is 0.273. The number of hydrogen-bond donors (Lipinski definition) is 0. The number of ether oxygens (including phenoxy) is 2. The lowest BCUT2D eigenvalue weighted by Crippen LogP contribution is -2.20. The zero-order chi connectivity index (χ0) is 14.6. The minimum Gasteiger partial charge on any atom is -0.460 e. The predicted molar refractivity (Wildman–Crippen MR) is 61.8 cm³/mol. The molecule has 0 amide bonds. The molecule has 1 aromatic rings. The Labute approximate surface area is 114 Å². The normalized spacial score (nSPS) is 11.0. The third kappa shape index (κ3) is 4.55. The Balaban J connectivity index is 3.04. The van der Waals surface area contributed by atoms with Crippen LogP contribution in [0.1, 0.15) is 17.3 Å². The molecule has 0 bridgehead atoms. The number of rotatable bonds is 4. The van der Waals surface area contributed by atoms with E-state index >= 15 is 0 Å². The van der Waals surface area contributed by atoms with Crippen LogP contribution in [0, 0.1) is 0 Å². The monoisotopic (exact) mass is 340 g/mol. The zero-order valence-corrected chi connectivity index (χ0v) is 11.2. The standard InChI is InChI=1S/C11H8BrF3O4/c1-2-18-10(17)9(16)7-5-6(3-4-8(7)12)19-11(13,14)15/h3-5H,2H2,1H3. The van der Waals surface area contributed by atoms with Crippen molar-refractivity contribution in [2.24, 2.45) is 0 Å². The van der Waals surface area contributed by atoms with Gasteiger partial charge < -0.3 is 9.47 Å². The van der Waals surface area contributed by atoms with E-state index in [1.165, 1.54) is 13.0 Å². The van der Waals surface area contributed by atoms with E-state index in [9.17, 15) is 22.8 Å². The first kappa shape index (κ1) is 15.5.